The van der Waals surface area contributed by atoms with E-state index in [0.717, 1.165) is 83.6 Å². The van der Waals surface area contributed by atoms with E-state index in [-0.39, 0.29) is 17.9 Å². The molecule has 2 saturated heterocycles. The van der Waals surface area contributed by atoms with Crippen molar-refractivity contribution >= 4 is 49.9 Å². The average molecular weight is 510 g/mol. The number of hydrogen-bond acceptors (Lipinski definition) is 6. The lowest BCUT2D eigenvalue weighted by atomic mass is 9.80. The number of carbonyl (C=O) groups is 1. The summed E-state index contributed by atoms with van der Waals surface area (Å²) in [5, 5.41) is 0. The van der Waals surface area contributed by atoms with Gasteiger partial charge >= 0.3 is 0 Å². The van der Waals surface area contributed by atoms with Gasteiger partial charge in [0, 0.05) is 43.7 Å². The van der Waals surface area contributed by atoms with Crippen molar-refractivity contribution in [1.82, 2.24) is 19.8 Å². The largest absolute Gasteiger partial charge is 0.352 e. The predicted molar refractivity (Wildman–Crippen MR) is 159 cm³/mol. The number of hydrogen-bond donors (Lipinski definition) is 0. The van der Waals surface area contributed by atoms with E-state index in [1.54, 1.807) is 0 Å². The fourth-order valence-electron chi connectivity index (χ4n) is 6.90. The zero-order valence-corrected chi connectivity index (χ0v) is 22.5. The number of pyridine rings is 2. The number of aliphatic imine (C=N–C) groups is 1. The Kier molecular flexibility index (Phi) is 4.65. The van der Waals surface area contributed by atoms with Gasteiger partial charge < -0.3 is 9.80 Å². The lowest BCUT2D eigenvalue weighted by Gasteiger charge is -2.47. The van der Waals surface area contributed by atoms with Crippen molar-refractivity contribution in [2.24, 2.45) is 4.99 Å². The summed E-state index contributed by atoms with van der Waals surface area (Å²) in [6, 6.07) is 11.2. The average Bonchev–Trinajstić information content (AvgIpc) is 3.23. The molecule has 8 rings (SSSR count). The Morgan fingerprint density at radius 3 is 2.74 bits per heavy atom. The van der Waals surface area contributed by atoms with E-state index in [4.69, 9.17) is 15.0 Å². The molecule has 7 heterocycles. The molecule has 0 spiro atoms. The van der Waals surface area contributed by atoms with Crippen molar-refractivity contribution in [3.8, 4) is 11.3 Å². The minimum Gasteiger partial charge on any atom is -0.352 e. The van der Waals surface area contributed by atoms with E-state index >= 15 is 0 Å². The topological polar surface area (TPSA) is 64.9 Å². The third-order valence-corrected chi connectivity index (χ3v) is 8.98. The van der Waals surface area contributed by atoms with E-state index < -0.39 is 0 Å². The van der Waals surface area contributed by atoms with Gasteiger partial charge in [0.05, 0.1) is 28.7 Å². The Labute approximate surface area is 229 Å². The van der Waals surface area contributed by atoms with Crippen molar-refractivity contribution in [3.05, 3.63) is 83.0 Å². The zero-order chi connectivity index (χ0) is 26.6. The second-order valence-corrected chi connectivity index (χ2v) is 11.5. The summed E-state index contributed by atoms with van der Waals surface area (Å²) >= 11 is 0. The maximum absolute atomic E-state index is 12.6. The van der Waals surface area contributed by atoms with Crippen LogP contribution in [0.15, 0.2) is 65.6 Å². The van der Waals surface area contributed by atoms with Crippen molar-refractivity contribution in [2.45, 2.75) is 31.7 Å². The van der Waals surface area contributed by atoms with E-state index in [2.05, 4.69) is 75.4 Å². The van der Waals surface area contributed by atoms with Gasteiger partial charge in [-0.05, 0) is 35.3 Å². The van der Waals surface area contributed by atoms with Crippen LogP contribution in [0.2, 0.25) is 0 Å². The highest BCUT2D eigenvalue weighted by Crippen LogP contribution is 2.47. The van der Waals surface area contributed by atoms with Crippen LogP contribution in [0.5, 0.6) is 0 Å². The van der Waals surface area contributed by atoms with Gasteiger partial charge in [-0.1, -0.05) is 48.7 Å². The third kappa shape index (κ3) is 3.13. The second-order valence-electron chi connectivity index (χ2n) is 11.5. The fourth-order valence-corrected chi connectivity index (χ4v) is 6.90. The van der Waals surface area contributed by atoms with Gasteiger partial charge in [-0.25, -0.2) is 9.98 Å². The summed E-state index contributed by atoms with van der Waals surface area (Å²) in [5.74, 6) is 3.01. The van der Waals surface area contributed by atoms with Gasteiger partial charge in [-0.2, -0.15) is 0 Å². The van der Waals surface area contributed by atoms with Crippen molar-refractivity contribution in [2.75, 3.05) is 24.5 Å². The molecular weight excluding hydrogens is 482 g/mol. The Hall–Kier alpha value is -4.13. The number of fused-ring (bicyclic) bond motifs is 3. The van der Waals surface area contributed by atoms with Crippen LogP contribution in [-0.4, -0.2) is 72.9 Å². The molecule has 2 bridgehead atoms. The first-order valence-electron chi connectivity index (χ1n) is 13.8. The number of carbonyl (C=O) groups excluding carboxylic acids is 1. The Morgan fingerprint density at radius 2 is 1.95 bits per heavy atom. The molecule has 0 saturated carbocycles. The number of rotatable bonds is 1. The normalized spacial score (nSPS) is 21.1. The molecule has 5 aliphatic heterocycles. The lowest BCUT2D eigenvalue weighted by Crippen LogP contribution is -2.62. The molecular formula is C30H28B2N6O. The van der Waals surface area contributed by atoms with Gasteiger partial charge in [-0.3, -0.25) is 14.7 Å². The predicted octanol–water partition coefficient (Wildman–Crippen LogP) is 0.894. The van der Waals surface area contributed by atoms with Gasteiger partial charge in [0.1, 0.15) is 27.3 Å². The zero-order valence-electron chi connectivity index (χ0n) is 22.5. The summed E-state index contributed by atoms with van der Waals surface area (Å²) in [6.45, 7) is 8.45. The number of nitrogens with zero attached hydrogens (tertiary/aromatic N) is 6. The highest BCUT2D eigenvalue weighted by Gasteiger charge is 2.43. The Morgan fingerprint density at radius 1 is 1.10 bits per heavy atom. The molecule has 190 valence electrons. The highest BCUT2D eigenvalue weighted by atomic mass is 16.2. The summed E-state index contributed by atoms with van der Waals surface area (Å²) in [5.41, 5.74) is 11.1. The first kappa shape index (κ1) is 22.8. The number of benzene rings is 1. The van der Waals surface area contributed by atoms with Crippen LogP contribution >= 0.6 is 0 Å². The first-order valence-corrected chi connectivity index (χ1v) is 13.8. The molecule has 39 heavy (non-hydrogen) atoms. The molecule has 2 aromatic heterocycles. The van der Waals surface area contributed by atoms with E-state index in [1.807, 2.05) is 11.1 Å². The van der Waals surface area contributed by atoms with Crippen molar-refractivity contribution < 1.29 is 4.79 Å². The molecule has 9 heteroatoms. The minimum atomic E-state index is 0.104. The maximum atomic E-state index is 12.6. The molecule has 5 aliphatic rings. The third-order valence-electron chi connectivity index (χ3n) is 8.98. The molecule has 1 amide bonds. The molecule has 1 unspecified atom stereocenters. The molecule has 1 atom stereocenters. The summed E-state index contributed by atoms with van der Waals surface area (Å²) in [7, 11) is 4.34. The van der Waals surface area contributed by atoms with Crippen LogP contribution in [0.3, 0.4) is 0 Å². The lowest BCUT2D eigenvalue weighted by molar-refractivity contribution is -0.128. The van der Waals surface area contributed by atoms with Gasteiger partial charge in [-0.15, -0.1) is 0 Å². The van der Waals surface area contributed by atoms with Crippen LogP contribution in [0.25, 0.3) is 11.3 Å². The van der Waals surface area contributed by atoms with E-state index in [9.17, 15) is 4.79 Å². The Balaban J connectivity index is 1.31. The fraction of sp³-hybridized carbons (Fsp3) is 0.267. The standard InChI is InChI=1S/C30H28B2N6O/c1-15-7-9-37(30(15)39)19-13-36(14-19)28-20-12-22(32)26-24-17(4-3-5-21(24)31)11-18-6-8-33-25-16(2)10-23(34-28)38(27(18)25)29(20)35-26/h3-6,8,10,12,16,19H,1,7,9,11,13-14,31-32H2,2H3. The SMILES string of the molecule is Bc1cc2c3nc1-c1c(B)cccc1Cc1ccnc4c1N3C(=CC4C)N=C2N1CC(N2CCC(=C)C2=O)C1. The molecule has 0 N–H and O–H groups in total. The van der Waals surface area contributed by atoms with Gasteiger partial charge in [0.25, 0.3) is 0 Å². The maximum Gasteiger partial charge on any atom is 0.249 e. The van der Waals surface area contributed by atoms with Crippen LogP contribution in [0.4, 0.5) is 11.5 Å². The van der Waals surface area contributed by atoms with Crippen LogP contribution in [-0.2, 0) is 11.2 Å². The van der Waals surface area contributed by atoms with E-state index in [1.165, 1.54) is 22.2 Å². The smallest absolute Gasteiger partial charge is 0.249 e. The Bertz CT molecular complexity index is 1710. The molecule has 3 aromatic rings. The monoisotopic (exact) mass is 510 g/mol. The second kappa shape index (κ2) is 7.94. The molecule has 7 nitrogen and oxygen atoms in total. The number of likely N-dealkylation sites (tertiary alicyclic amines) is 2. The summed E-state index contributed by atoms with van der Waals surface area (Å²) < 4.78 is 0. The number of allylic oxidation sites excluding steroid dienone is 1. The van der Waals surface area contributed by atoms with E-state index in [0.29, 0.717) is 0 Å². The van der Waals surface area contributed by atoms with Crippen LogP contribution in [0, 0.1) is 0 Å². The molecule has 1 aromatic carbocycles. The van der Waals surface area contributed by atoms with Crippen LogP contribution < -0.4 is 15.8 Å². The van der Waals surface area contributed by atoms with Crippen molar-refractivity contribution in [3.63, 3.8) is 0 Å². The molecule has 2 fully saturated rings. The van der Waals surface area contributed by atoms with Gasteiger partial charge in [0.15, 0.2) is 5.82 Å². The summed E-state index contributed by atoms with van der Waals surface area (Å²) in [4.78, 5) is 34.7. The van der Waals surface area contributed by atoms with Crippen molar-refractivity contribution in [1.29, 1.82) is 0 Å². The summed E-state index contributed by atoms with van der Waals surface area (Å²) in [6.07, 6.45) is 5.73. The van der Waals surface area contributed by atoms with Crippen LogP contribution in [0.1, 0.15) is 41.6 Å². The number of anilines is 2. The molecule has 0 aliphatic carbocycles. The number of aromatic nitrogens is 2. The first-order chi connectivity index (χ1) is 18.9. The number of amides is 1. The number of amidine groups is 1. The minimum absolute atomic E-state index is 0.104. The van der Waals surface area contributed by atoms with Gasteiger partial charge in [0.2, 0.25) is 5.91 Å². The highest BCUT2D eigenvalue weighted by molar-refractivity contribution is 6.40. The molecule has 0 radical (unpaired) electrons. The quantitative estimate of drug-likeness (QED) is 0.360.